The van der Waals surface area contributed by atoms with Crippen molar-refractivity contribution in [2.75, 3.05) is 37.7 Å². The van der Waals surface area contributed by atoms with E-state index in [4.69, 9.17) is 4.74 Å². The number of amides is 1. The Hall–Kier alpha value is -2.70. The molecular formula is C20H21F3N2O2. The highest BCUT2D eigenvalue weighted by Crippen LogP contribution is 2.31. The van der Waals surface area contributed by atoms with Crippen molar-refractivity contribution in [3.05, 3.63) is 59.7 Å². The van der Waals surface area contributed by atoms with Gasteiger partial charge >= 0.3 is 6.18 Å². The van der Waals surface area contributed by atoms with E-state index in [2.05, 4.69) is 0 Å². The normalized spacial score (nSPS) is 15.0. The van der Waals surface area contributed by atoms with Gasteiger partial charge in [0, 0.05) is 31.9 Å². The highest BCUT2D eigenvalue weighted by Gasteiger charge is 2.31. The molecule has 2 aromatic carbocycles. The van der Waals surface area contributed by atoms with Gasteiger partial charge in [0.2, 0.25) is 0 Å². The summed E-state index contributed by atoms with van der Waals surface area (Å²) in [5.41, 5.74) is 0.817. The molecule has 0 atom stereocenters. The van der Waals surface area contributed by atoms with E-state index in [9.17, 15) is 18.0 Å². The van der Waals surface area contributed by atoms with E-state index in [1.54, 1.807) is 11.0 Å². The number of hydrogen-bond acceptors (Lipinski definition) is 3. The van der Waals surface area contributed by atoms with Gasteiger partial charge in [0.25, 0.3) is 5.91 Å². The largest absolute Gasteiger partial charge is 0.484 e. The smallest absolute Gasteiger partial charge is 0.416 e. The number of carbonyl (C=O) groups is 1. The summed E-state index contributed by atoms with van der Waals surface area (Å²) in [4.78, 5) is 15.9. The van der Waals surface area contributed by atoms with E-state index in [0.717, 1.165) is 17.7 Å². The first kappa shape index (κ1) is 19.1. The van der Waals surface area contributed by atoms with Crippen LogP contribution in [0.4, 0.5) is 18.9 Å². The summed E-state index contributed by atoms with van der Waals surface area (Å²) >= 11 is 0. The Kier molecular flexibility index (Phi) is 5.58. The third kappa shape index (κ3) is 4.72. The van der Waals surface area contributed by atoms with Crippen LogP contribution in [0.3, 0.4) is 0 Å². The molecular weight excluding hydrogens is 357 g/mol. The number of anilines is 1. The summed E-state index contributed by atoms with van der Waals surface area (Å²) in [6.07, 6.45) is -4.36. The monoisotopic (exact) mass is 378 g/mol. The van der Waals surface area contributed by atoms with Gasteiger partial charge in [-0.1, -0.05) is 24.3 Å². The lowest BCUT2D eigenvalue weighted by atomic mass is 10.1. The molecule has 0 aromatic heterocycles. The molecule has 0 bridgehead atoms. The van der Waals surface area contributed by atoms with Crippen LogP contribution in [0.15, 0.2) is 48.5 Å². The maximum Gasteiger partial charge on any atom is 0.416 e. The lowest BCUT2D eigenvalue weighted by Gasteiger charge is -2.36. The van der Waals surface area contributed by atoms with Crippen LogP contribution in [-0.4, -0.2) is 43.6 Å². The summed E-state index contributed by atoms with van der Waals surface area (Å²) < 4.78 is 44.2. The lowest BCUT2D eigenvalue weighted by molar-refractivity contribution is -0.137. The van der Waals surface area contributed by atoms with E-state index in [1.807, 2.05) is 36.1 Å². The van der Waals surface area contributed by atoms with E-state index in [1.165, 1.54) is 6.07 Å². The molecule has 0 saturated carbocycles. The molecule has 1 saturated heterocycles. The van der Waals surface area contributed by atoms with Crippen molar-refractivity contribution in [2.24, 2.45) is 0 Å². The van der Waals surface area contributed by atoms with E-state index in [0.29, 0.717) is 37.6 Å². The van der Waals surface area contributed by atoms with Gasteiger partial charge in [0.05, 0.1) is 5.56 Å². The second-order valence-electron chi connectivity index (χ2n) is 6.47. The zero-order valence-corrected chi connectivity index (χ0v) is 15.0. The molecule has 1 aliphatic heterocycles. The Bertz CT molecular complexity index is 800. The Balaban J connectivity index is 1.54. The number of piperazine rings is 1. The molecule has 1 fully saturated rings. The molecule has 0 spiro atoms. The molecule has 144 valence electrons. The van der Waals surface area contributed by atoms with Crippen LogP contribution in [0.2, 0.25) is 0 Å². The molecule has 0 N–H and O–H groups in total. The fourth-order valence-electron chi connectivity index (χ4n) is 3.04. The minimum Gasteiger partial charge on any atom is -0.484 e. The zero-order valence-electron chi connectivity index (χ0n) is 15.0. The first-order valence-corrected chi connectivity index (χ1v) is 8.73. The molecule has 4 nitrogen and oxygen atoms in total. The van der Waals surface area contributed by atoms with Crippen molar-refractivity contribution in [3.63, 3.8) is 0 Å². The second kappa shape index (κ2) is 7.90. The summed E-state index contributed by atoms with van der Waals surface area (Å²) in [5, 5.41) is 0. The fourth-order valence-corrected chi connectivity index (χ4v) is 3.04. The van der Waals surface area contributed by atoms with Crippen LogP contribution < -0.4 is 9.64 Å². The van der Waals surface area contributed by atoms with Gasteiger partial charge in [-0.25, -0.2) is 0 Å². The number of carbonyl (C=O) groups excluding carboxylic acids is 1. The van der Waals surface area contributed by atoms with Gasteiger partial charge in [0.15, 0.2) is 6.61 Å². The number of hydrogen-bond donors (Lipinski definition) is 0. The standard InChI is InChI=1S/C20H21F3N2O2/c1-15-5-2-3-8-18(15)27-14-19(26)25-11-9-24(10-12-25)17-7-4-6-16(13-17)20(21,22)23/h2-8,13H,9-12,14H2,1H3. The van der Waals surface area contributed by atoms with Crippen molar-refractivity contribution in [1.82, 2.24) is 4.90 Å². The Morgan fingerprint density at radius 3 is 2.41 bits per heavy atom. The van der Waals surface area contributed by atoms with Gasteiger partial charge < -0.3 is 14.5 Å². The van der Waals surface area contributed by atoms with Gasteiger partial charge in [-0.15, -0.1) is 0 Å². The van der Waals surface area contributed by atoms with Gasteiger partial charge in [-0.3, -0.25) is 4.79 Å². The number of ether oxygens (including phenoxy) is 1. The lowest BCUT2D eigenvalue weighted by Crippen LogP contribution is -2.50. The molecule has 0 aliphatic carbocycles. The number of halogens is 3. The first-order chi connectivity index (χ1) is 12.8. The molecule has 0 unspecified atom stereocenters. The van der Waals surface area contributed by atoms with Crippen molar-refractivity contribution in [3.8, 4) is 5.75 Å². The Morgan fingerprint density at radius 2 is 1.74 bits per heavy atom. The quantitative estimate of drug-likeness (QED) is 0.813. The molecule has 1 heterocycles. The van der Waals surface area contributed by atoms with Crippen molar-refractivity contribution < 1.29 is 22.7 Å². The van der Waals surface area contributed by atoms with Gasteiger partial charge in [-0.2, -0.15) is 13.2 Å². The van der Waals surface area contributed by atoms with Crippen LogP contribution in [-0.2, 0) is 11.0 Å². The summed E-state index contributed by atoms with van der Waals surface area (Å²) in [6, 6.07) is 12.8. The van der Waals surface area contributed by atoms with Crippen molar-refractivity contribution in [1.29, 1.82) is 0 Å². The predicted molar refractivity (Wildman–Crippen MR) is 96.9 cm³/mol. The number of alkyl halides is 3. The first-order valence-electron chi connectivity index (χ1n) is 8.73. The molecule has 7 heteroatoms. The van der Waals surface area contributed by atoms with E-state index < -0.39 is 11.7 Å². The average molecular weight is 378 g/mol. The van der Waals surface area contributed by atoms with Gasteiger partial charge in [0.1, 0.15) is 5.75 Å². The van der Waals surface area contributed by atoms with Crippen LogP contribution in [0.5, 0.6) is 5.75 Å². The zero-order chi connectivity index (χ0) is 19.4. The van der Waals surface area contributed by atoms with E-state index in [-0.39, 0.29) is 12.5 Å². The van der Waals surface area contributed by atoms with Crippen LogP contribution in [0, 0.1) is 6.92 Å². The molecule has 3 rings (SSSR count). The van der Waals surface area contributed by atoms with Crippen molar-refractivity contribution >= 4 is 11.6 Å². The summed E-state index contributed by atoms with van der Waals surface area (Å²) in [5.74, 6) is 0.551. The molecule has 0 radical (unpaired) electrons. The minimum atomic E-state index is -4.36. The average Bonchev–Trinajstić information content (AvgIpc) is 2.67. The number of aryl methyl sites for hydroxylation is 1. The van der Waals surface area contributed by atoms with E-state index >= 15 is 0 Å². The molecule has 1 aliphatic rings. The second-order valence-corrected chi connectivity index (χ2v) is 6.47. The topological polar surface area (TPSA) is 32.8 Å². The number of nitrogens with zero attached hydrogens (tertiary/aromatic N) is 2. The maximum absolute atomic E-state index is 12.9. The van der Waals surface area contributed by atoms with Crippen LogP contribution in [0.1, 0.15) is 11.1 Å². The highest BCUT2D eigenvalue weighted by atomic mass is 19.4. The number of para-hydroxylation sites is 1. The van der Waals surface area contributed by atoms with Crippen LogP contribution in [0.25, 0.3) is 0 Å². The summed E-state index contributed by atoms with van der Waals surface area (Å²) in [7, 11) is 0. The highest BCUT2D eigenvalue weighted by molar-refractivity contribution is 5.78. The SMILES string of the molecule is Cc1ccccc1OCC(=O)N1CCN(c2cccc(C(F)(F)F)c2)CC1. The number of rotatable bonds is 4. The summed E-state index contributed by atoms with van der Waals surface area (Å²) in [6.45, 7) is 3.73. The minimum absolute atomic E-state index is 0.0472. The third-order valence-electron chi connectivity index (χ3n) is 4.62. The Morgan fingerprint density at radius 1 is 1.04 bits per heavy atom. The number of benzene rings is 2. The molecule has 1 amide bonds. The molecule has 2 aromatic rings. The fraction of sp³-hybridized carbons (Fsp3) is 0.350. The predicted octanol–water partition coefficient (Wildman–Crippen LogP) is 3.74. The van der Waals surface area contributed by atoms with Crippen molar-refractivity contribution in [2.45, 2.75) is 13.1 Å². The Labute approximate surface area is 156 Å². The molecule has 27 heavy (non-hydrogen) atoms. The van der Waals surface area contributed by atoms with Gasteiger partial charge in [-0.05, 0) is 36.8 Å². The third-order valence-corrected chi connectivity index (χ3v) is 4.62. The maximum atomic E-state index is 12.9. The van der Waals surface area contributed by atoms with Crippen LogP contribution >= 0.6 is 0 Å².